The zero-order chi connectivity index (χ0) is 28.5. The molecule has 2 aromatic carbocycles. The molecule has 0 radical (unpaired) electrons. The lowest BCUT2D eigenvalue weighted by molar-refractivity contribution is 0.445. The molecule has 1 saturated heterocycles. The fourth-order valence-electron chi connectivity index (χ4n) is 5.41. The molecule has 0 aliphatic carbocycles. The second-order valence-corrected chi connectivity index (χ2v) is 10.4. The third-order valence-electron chi connectivity index (χ3n) is 7.51. The third-order valence-corrected chi connectivity index (χ3v) is 7.82. The predicted molar refractivity (Wildman–Crippen MR) is 158 cm³/mol. The average molecular weight is 573 g/mol. The summed E-state index contributed by atoms with van der Waals surface area (Å²) in [6.45, 7) is 3.98. The van der Waals surface area contributed by atoms with Crippen molar-refractivity contribution in [3.8, 4) is 22.3 Å². The molecule has 0 amide bonds. The van der Waals surface area contributed by atoms with Crippen molar-refractivity contribution >= 4 is 34.3 Å². The quantitative estimate of drug-likeness (QED) is 0.221. The van der Waals surface area contributed by atoms with E-state index in [9.17, 15) is 13.6 Å². The zero-order valence-corrected chi connectivity index (χ0v) is 23.1. The molecule has 208 valence electrons. The van der Waals surface area contributed by atoms with Gasteiger partial charge in [0.2, 0.25) is 11.9 Å². The first kappa shape index (κ1) is 27.0. The van der Waals surface area contributed by atoms with E-state index in [1.165, 1.54) is 12.3 Å². The fourth-order valence-corrected chi connectivity index (χ4v) is 5.69. The Morgan fingerprint density at radius 3 is 2.59 bits per heavy atom. The van der Waals surface area contributed by atoms with Crippen LogP contribution in [0.5, 0.6) is 0 Å². The number of hydrogen-bond acceptors (Lipinski definition) is 6. The molecule has 10 heteroatoms. The maximum Gasteiger partial charge on any atom is 0.260 e. The van der Waals surface area contributed by atoms with Crippen molar-refractivity contribution in [3.63, 3.8) is 0 Å². The van der Waals surface area contributed by atoms with Crippen LogP contribution in [0.2, 0.25) is 5.02 Å². The maximum atomic E-state index is 15.0. The summed E-state index contributed by atoms with van der Waals surface area (Å²) in [5.41, 5.74) is 3.18. The molecule has 4 heterocycles. The van der Waals surface area contributed by atoms with E-state index in [1.54, 1.807) is 47.2 Å². The molecule has 1 fully saturated rings. The van der Waals surface area contributed by atoms with Crippen molar-refractivity contribution in [2.45, 2.75) is 32.2 Å². The molecule has 3 aromatic heterocycles. The molecule has 5 aromatic rings. The summed E-state index contributed by atoms with van der Waals surface area (Å²) in [5, 5.41) is 7.32. The third kappa shape index (κ3) is 5.30. The number of hydrogen-bond donors (Lipinski definition) is 2. The molecular weight excluding hydrogens is 546 g/mol. The van der Waals surface area contributed by atoms with Crippen LogP contribution in [0.25, 0.3) is 33.3 Å². The van der Waals surface area contributed by atoms with Crippen LogP contribution < -0.4 is 16.2 Å². The first-order chi connectivity index (χ1) is 19.9. The molecule has 0 atom stereocenters. The first-order valence-electron chi connectivity index (χ1n) is 13.5. The summed E-state index contributed by atoms with van der Waals surface area (Å²) in [5.74, 6) is -0.400. The Kier molecular flexibility index (Phi) is 7.47. The lowest BCUT2D eigenvalue weighted by Crippen LogP contribution is -2.27. The van der Waals surface area contributed by atoms with Gasteiger partial charge in [-0.3, -0.25) is 9.36 Å². The number of pyridine rings is 2. The lowest BCUT2D eigenvalue weighted by atomic mass is 9.90. The number of nitrogens with one attached hydrogen (secondary N) is 2. The summed E-state index contributed by atoms with van der Waals surface area (Å²) in [7, 11) is 0. The van der Waals surface area contributed by atoms with Crippen molar-refractivity contribution in [2.24, 2.45) is 0 Å². The highest BCUT2D eigenvalue weighted by molar-refractivity contribution is 6.33. The monoisotopic (exact) mass is 572 g/mol. The van der Waals surface area contributed by atoms with Crippen molar-refractivity contribution in [2.75, 3.05) is 18.4 Å². The first-order valence-corrected chi connectivity index (χ1v) is 13.9. The Labute approximate surface area is 240 Å². The van der Waals surface area contributed by atoms with E-state index in [0.29, 0.717) is 50.5 Å². The maximum absolute atomic E-state index is 15.0. The van der Waals surface area contributed by atoms with Crippen LogP contribution in [0, 0.1) is 11.8 Å². The van der Waals surface area contributed by atoms with Gasteiger partial charge in [-0.1, -0.05) is 29.8 Å². The number of anilines is 2. The largest absolute Gasteiger partial charge is 0.324 e. The second-order valence-electron chi connectivity index (χ2n) is 10.0. The van der Waals surface area contributed by atoms with Gasteiger partial charge >= 0.3 is 0 Å². The van der Waals surface area contributed by atoms with E-state index in [0.717, 1.165) is 31.5 Å². The van der Waals surface area contributed by atoms with Crippen LogP contribution in [0.4, 0.5) is 20.4 Å². The molecule has 0 saturated carbocycles. The van der Waals surface area contributed by atoms with Gasteiger partial charge in [0.05, 0.1) is 0 Å². The van der Waals surface area contributed by atoms with Crippen LogP contribution in [0.3, 0.4) is 0 Å². The van der Waals surface area contributed by atoms with Crippen LogP contribution in [-0.4, -0.2) is 32.6 Å². The van der Waals surface area contributed by atoms with Gasteiger partial charge in [0.15, 0.2) is 0 Å². The zero-order valence-electron chi connectivity index (χ0n) is 22.3. The SMILES string of the molecule is CCn1c(=O)c(-c2ccc(-c3cccnc3F)cc2Cl)cc2cnc(Nc3ccc(C4CCNCC4)c(F)c3)nc21. The minimum Gasteiger partial charge on any atom is -0.324 e. The number of benzene rings is 2. The second kappa shape index (κ2) is 11.3. The molecule has 7 nitrogen and oxygen atoms in total. The molecular formula is C31H27ClF2N6O. The number of halogens is 3. The van der Waals surface area contributed by atoms with E-state index in [4.69, 9.17) is 11.6 Å². The molecule has 0 unspecified atom stereocenters. The molecule has 1 aliphatic rings. The lowest BCUT2D eigenvalue weighted by Gasteiger charge is -2.23. The standard InChI is InChI=1S/C31H27ClF2N6O/c1-2-40-29-20(14-25(30(40)41)24-7-5-19(15-26(24)32)23-4-3-11-36-28(23)34)17-37-31(39-29)38-21-6-8-22(27(33)16-21)18-9-12-35-13-10-18/h3-8,11,14-18,35H,2,9-10,12-13H2,1H3,(H,37,38,39). The smallest absolute Gasteiger partial charge is 0.260 e. The summed E-state index contributed by atoms with van der Waals surface area (Å²) < 4.78 is 30.7. The summed E-state index contributed by atoms with van der Waals surface area (Å²) in [6, 6.07) is 15.1. The van der Waals surface area contributed by atoms with Crippen LogP contribution in [0.1, 0.15) is 31.2 Å². The minimum absolute atomic E-state index is 0.205. The Balaban J connectivity index is 1.32. The number of nitrogens with zero attached hydrogens (tertiary/aromatic N) is 4. The van der Waals surface area contributed by atoms with E-state index in [-0.39, 0.29) is 23.2 Å². The predicted octanol–water partition coefficient (Wildman–Crippen LogP) is 6.68. The molecule has 41 heavy (non-hydrogen) atoms. The number of fused-ring (bicyclic) bond motifs is 1. The van der Waals surface area contributed by atoms with Gasteiger partial charge in [-0.2, -0.15) is 9.37 Å². The normalized spacial score (nSPS) is 14.0. The Hall–Kier alpha value is -4.21. The van der Waals surface area contributed by atoms with Gasteiger partial charge in [0.25, 0.3) is 5.56 Å². The highest BCUT2D eigenvalue weighted by Gasteiger charge is 2.20. The van der Waals surface area contributed by atoms with Crippen molar-refractivity contribution in [3.05, 3.63) is 99.7 Å². The Morgan fingerprint density at radius 1 is 1.02 bits per heavy atom. The highest BCUT2D eigenvalue weighted by atomic mass is 35.5. The number of aromatic nitrogens is 4. The number of piperidine rings is 1. The van der Waals surface area contributed by atoms with E-state index in [2.05, 4.69) is 25.6 Å². The van der Waals surface area contributed by atoms with Gasteiger partial charge in [0, 0.05) is 51.7 Å². The fraction of sp³-hybridized carbons (Fsp3) is 0.226. The Morgan fingerprint density at radius 2 is 1.85 bits per heavy atom. The highest BCUT2D eigenvalue weighted by Crippen LogP contribution is 2.33. The van der Waals surface area contributed by atoms with E-state index < -0.39 is 5.95 Å². The molecule has 6 rings (SSSR count). The van der Waals surface area contributed by atoms with Gasteiger partial charge in [0.1, 0.15) is 11.5 Å². The van der Waals surface area contributed by atoms with Crippen LogP contribution in [0.15, 0.2) is 71.8 Å². The van der Waals surface area contributed by atoms with Crippen LogP contribution in [-0.2, 0) is 6.54 Å². The van der Waals surface area contributed by atoms with E-state index >= 15 is 0 Å². The number of rotatable bonds is 6. The molecule has 0 bridgehead atoms. The minimum atomic E-state index is -0.600. The topological polar surface area (TPSA) is 84.7 Å². The molecule has 2 N–H and O–H groups in total. The van der Waals surface area contributed by atoms with Gasteiger partial charge in [-0.15, -0.1) is 0 Å². The average Bonchev–Trinajstić information content (AvgIpc) is 2.98. The van der Waals surface area contributed by atoms with Gasteiger partial charge in [-0.05, 0) is 86.3 Å². The summed E-state index contributed by atoms with van der Waals surface area (Å²) >= 11 is 6.61. The number of aryl methyl sites for hydroxylation is 1. The summed E-state index contributed by atoms with van der Waals surface area (Å²) in [6.07, 6.45) is 4.82. The molecule has 0 spiro atoms. The van der Waals surface area contributed by atoms with Gasteiger partial charge < -0.3 is 10.6 Å². The Bertz CT molecular complexity index is 1820. The van der Waals surface area contributed by atoms with Crippen molar-refractivity contribution < 1.29 is 8.78 Å². The van der Waals surface area contributed by atoms with Crippen molar-refractivity contribution in [1.82, 2.24) is 24.8 Å². The van der Waals surface area contributed by atoms with Crippen molar-refractivity contribution in [1.29, 1.82) is 0 Å². The van der Waals surface area contributed by atoms with Crippen LogP contribution >= 0.6 is 11.6 Å². The van der Waals surface area contributed by atoms with E-state index in [1.807, 2.05) is 19.1 Å². The van der Waals surface area contributed by atoms with Gasteiger partial charge in [-0.25, -0.2) is 14.4 Å². The molecule has 1 aliphatic heterocycles. The summed E-state index contributed by atoms with van der Waals surface area (Å²) in [4.78, 5) is 26.3.